The normalized spacial score (nSPS) is 25.6. The van der Waals surface area contributed by atoms with Gasteiger partial charge >= 0.3 is 0 Å². The van der Waals surface area contributed by atoms with Gasteiger partial charge in [0.15, 0.2) is 0 Å². The molecule has 0 radical (unpaired) electrons. The Kier molecular flexibility index (Phi) is 8.05. The highest BCUT2D eigenvalue weighted by molar-refractivity contribution is 5.85. The van der Waals surface area contributed by atoms with Gasteiger partial charge in [0.2, 0.25) is 5.91 Å². The molecule has 28 heavy (non-hydrogen) atoms. The van der Waals surface area contributed by atoms with E-state index in [1.54, 1.807) is 7.11 Å². The number of hydrogen-bond acceptors (Lipinski definition) is 6. The highest BCUT2D eigenvalue weighted by Crippen LogP contribution is 2.40. The molecule has 9 heteroatoms. The van der Waals surface area contributed by atoms with E-state index in [-0.39, 0.29) is 42.4 Å². The Hall–Kier alpha value is -0.990. The Morgan fingerprint density at radius 3 is 2.86 bits per heavy atom. The average molecular weight is 433 g/mol. The molecule has 1 N–H and O–H groups in total. The lowest BCUT2D eigenvalue weighted by Gasteiger charge is -2.44. The second-order valence-electron chi connectivity index (χ2n) is 7.73. The highest BCUT2D eigenvalue weighted by atomic mass is 35.5. The van der Waals surface area contributed by atoms with Gasteiger partial charge in [-0.3, -0.25) is 4.79 Å². The number of aromatic nitrogens is 2. The maximum absolute atomic E-state index is 12.9. The molecule has 0 saturated carbocycles. The van der Waals surface area contributed by atoms with E-state index in [1.807, 2.05) is 18.0 Å². The van der Waals surface area contributed by atoms with Crippen molar-refractivity contribution in [2.45, 2.75) is 44.2 Å². The molecule has 3 aliphatic heterocycles. The second kappa shape index (κ2) is 9.67. The smallest absolute Gasteiger partial charge is 0.239 e. The van der Waals surface area contributed by atoms with E-state index in [9.17, 15) is 4.79 Å². The third kappa shape index (κ3) is 4.44. The minimum absolute atomic E-state index is 0. The van der Waals surface area contributed by atoms with E-state index in [0.717, 1.165) is 43.7 Å². The summed E-state index contributed by atoms with van der Waals surface area (Å²) in [6.07, 6.45) is 5.28. The highest BCUT2D eigenvalue weighted by Gasteiger charge is 2.44. The molecule has 1 aromatic heterocycles. The van der Waals surface area contributed by atoms with Crippen LogP contribution in [0.5, 0.6) is 0 Å². The van der Waals surface area contributed by atoms with Crippen LogP contribution in [0.4, 0.5) is 0 Å². The monoisotopic (exact) mass is 432 g/mol. The van der Waals surface area contributed by atoms with E-state index in [1.165, 1.54) is 5.56 Å². The molecule has 0 aliphatic carbocycles. The summed E-state index contributed by atoms with van der Waals surface area (Å²) in [5, 5.41) is 3.36. The lowest BCUT2D eigenvalue weighted by Crippen LogP contribution is -2.52. The Morgan fingerprint density at radius 2 is 2.14 bits per heavy atom. The number of likely N-dealkylation sites (tertiary alicyclic amines) is 1. The maximum Gasteiger partial charge on any atom is 0.239 e. The first-order valence-corrected chi connectivity index (χ1v) is 9.59. The maximum atomic E-state index is 12.9. The Bertz CT molecular complexity index is 683. The van der Waals surface area contributed by atoms with Gasteiger partial charge in [0.1, 0.15) is 11.4 Å². The van der Waals surface area contributed by atoms with Crippen molar-refractivity contribution in [3.63, 3.8) is 0 Å². The summed E-state index contributed by atoms with van der Waals surface area (Å²) < 4.78 is 11.5. The number of methoxy groups -OCH3 is 1. The van der Waals surface area contributed by atoms with E-state index < -0.39 is 0 Å². The number of ether oxygens (including phenoxy) is 2. The molecule has 7 nitrogen and oxygen atoms in total. The molecule has 0 unspecified atom stereocenters. The number of carbonyl (C=O) groups is 1. The summed E-state index contributed by atoms with van der Waals surface area (Å²) in [6.45, 7) is 5.63. The zero-order valence-corrected chi connectivity index (χ0v) is 18.1. The number of rotatable bonds is 3. The van der Waals surface area contributed by atoms with E-state index in [0.29, 0.717) is 32.2 Å². The predicted molar refractivity (Wildman–Crippen MR) is 110 cm³/mol. The number of nitrogens with zero attached hydrogens (tertiary/aromatic N) is 3. The van der Waals surface area contributed by atoms with Crippen molar-refractivity contribution < 1.29 is 14.3 Å². The fourth-order valence-corrected chi connectivity index (χ4v) is 4.55. The molecule has 2 saturated heterocycles. The van der Waals surface area contributed by atoms with E-state index in [4.69, 9.17) is 14.5 Å². The number of nitrogens with one attached hydrogen (secondary N) is 1. The largest absolute Gasteiger partial charge is 0.384 e. The van der Waals surface area contributed by atoms with Crippen LogP contribution in [-0.4, -0.2) is 66.8 Å². The zero-order valence-electron chi connectivity index (χ0n) is 16.5. The SMILES string of the molecule is COC[C@@H]1CN[C@H](C(=O)N2CCC3(CC2)OCCc2cnc(C)nc23)C1.Cl.Cl. The van der Waals surface area contributed by atoms with Crippen LogP contribution >= 0.6 is 24.8 Å². The molecule has 1 spiro atoms. The van der Waals surface area contributed by atoms with Crippen LogP contribution in [0.25, 0.3) is 0 Å². The predicted octanol–water partition coefficient (Wildman–Crippen LogP) is 1.64. The zero-order chi connectivity index (χ0) is 18.1. The second-order valence-corrected chi connectivity index (χ2v) is 7.73. The fraction of sp³-hybridized carbons (Fsp3) is 0.737. The van der Waals surface area contributed by atoms with Gasteiger partial charge in [-0.25, -0.2) is 9.97 Å². The van der Waals surface area contributed by atoms with Crippen LogP contribution in [0.15, 0.2) is 6.20 Å². The Morgan fingerprint density at radius 1 is 1.39 bits per heavy atom. The van der Waals surface area contributed by atoms with Gasteiger partial charge in [-0.1, -0.05) is 0 Å². The van der Waals surface area contributed by atoms with Gasteiger partial charge in [0, 0.05) is 32.9 Å². The van der Waals surface area contributed by atoms with Crippen LogP contribution in [-0.2, 0) is 26.3 Å². The average Bonchev–Trinajstić information content (AvgIpc) is 3.12. The van der Waals surface area contributed by atoms with Crippen molar-refractivity contribution in [3.8, 4) is 0 Å². The molecule has 4 rings (SSSR count). The minimum atomic E-state index is -0.347. The topological polar surface area (TPSA) is 76.6 Å². The summed E-state index contributed by atoms with van der Waals surface area (Å²) in [6, 6.07) is -0.0756. The molecule has 4 heterocycles. The number of aryl methyl sites for hydroxylation is 1. The van der Waals surface area contributed by atoms with Gasteiger partial charge in [0.25, 0.3) is 0 Å². The van der Waals surface area contributed by atoms with Gasteiger partial charge in [-0.2, -0.15) is 0 Å². The molecule has 0 bridgehead atoms. The standard InChI is InChI=1S/C19H28N4O3.2ClH/c1-13-20-11-15-3-8-26-19(17(15)22-13)4-6-23(7-5-19)18(24)16-9-14(10-21-16)12-25-2;;/h11,14,16,21H,3-10,12H2,1-2H3;2*1H/t14-,16-;;/m0../s1. The molecule has 1 amide bonds. The molecular weight excluding hydrogens is 403 g/mol. The third-order valence-corrected chi connectivity index (χ3v) is 5.97. The quantitative estimate of drug-likeness (QED) is 0.781. The number of piperidine rings is 1. The fourth-order valence-electron chi connectivity index (χ4n) is 4.55. The van der Waals surface area contributed by atoms with Gasteiger partial charge in [-0.05, 0) is 44.1 Å². The number of fused-ring (bicyclic) bond motifs is 2. The molecule has 0 aromatic carbocycles. The van der Waals surface area contributed by atoms with Crippen molar-refractivity contribution in [2.24, 2.45) is 5.92 Å². The first-order chi connectivity index (χ1) is 12.6. The summed E-state index contributed by atoms with van der Waals surface area (Å²) >= 11 is 0. The molecule has 3 aliphatic rings. The van der Waals surface area contributed by atoms with Crippen LogP contribution in [0.2, 0.25) is 0 Å². The van der Waals surface area contributed by atoms with Crippen LogP contribution < -0.4 is 5.32 Å². The van der Waals surface area contributed by atoms with Crippen LogP contribution in [0.3, 0.4) is 0 Å². The molecule has 2 fully saturated rings. The third-order valence-electron chi connectivity index (χ3n) is 5.97. The van der Waals surface area contributed by atoms with Crippen molar-refractivity contribution in [3.05, 3.63) is 23.3 Å². The Balaban J connectivity index is 0.00000140. The lowest BCUT2D eigenvalue weighted by molar-refractivity contribution is -0.143. The van der Waals surface area contributed by atoms with Crippen molar-refractivity contribution in [1.29, 1.82) is 0 Å². The van der Waals surface area contributed by atoms with E-state index in [2.05, 4.69) is 10.3 Å². The molecule has 2 atom stereocenters. The van der Waals surface area contributed by atoms with Gasteiger partial charge in [0.05, 0.1) is 24.9 Å². The van der Waals surface area contributed by atoms with E-state index >= 15 is 0 Å². The molecule has 158 valence electrons. The van der Waals surface area contributed by atoms with Gasteiger partial charge < -0.3 is 19.7 Å². The summed E-state index contributed by atoms with van der Waals surface area (Å²) in [5.41, 5.74) is 1.89. The first-order valence-electron chi connectivity index (χ1n) is 9.59. The summed E-state index contributed by atoms with van der Waals surface area (Å²) in [7, 11) is 1.71. The van der Waals surface area contributed by atoms with Gasteiger partial charge in [-0.15, -0.1) is 24.8 Å². The van der Waals surface area contributed by atoms with Crippen LogP contribution in [0.1, 0.15) is 36.3 Å². The van der Waals surface area contributed by atoms with Crippen LogP contribution in [0, 0.1) is 12.8 Å². The lowest BCUT2D eigenvalue weighted by atomic mass is 9.83. The van der Waals surface area contributed by atoms with Crippen molar-refractivity contribution >= 4 is 30.7 Å². The number of carbonyl (C=O) groups excluding carboxylic acids is 1. The summed E-state index contributed by atoms with van der Waals surface area (Å²) in [5.74, 6) is 1.43. The summed E-state index contributed by atoms with van der Waals surface area (Å²) in [4.78, 5) is 23.9. The molecular formula is C19H30Cl2N4O3. The Labute approximate surface area is 178 Å². The van der Waals surface area contributed by atoms with Crippen molar-refractivity contribution in [1.82, 2.24) is 20.2 Å². The first kappa shape index (κ1) is 23.3. The number of amides is 1. The van der Waals surface area contributed by atoms with Crippen molar-refractivity contribution in [2.75, 3.05) is 40.0 Å². The molecule has 1 aromatic rings. The number of halogens is 2. The number of hydrogen-bond donors (Lipinski definition) is 1. The minimum Gasteiger partial charge on any atom is -0.384 e.